The first-order valence-electron chi connectivity index (χ1n) is 7.26. The average Bonchev–Trinajstić information content (AvgIpc) is 2.88. The van der Waals surface area contributed by atoms with Gasteiger partial charge in [0.05, 0.1) is 21.6 Å². The first-order valence-corrected chi connectivity index (χ1v) is 8.87. The van der Waals surface area contributed by atoms with Crippen LogP contribution in [0.2, 0.25) is 5.02 Å². The molecule has 6 nitrogen and oxygen atoms in total. The van der Waals surface area contributed by atoms with Crippen molar-refractivity contribution in [1.29, 1.82) is 0 Å². The number of halogens is 1. The number of hydrazone groups is 1. The van der Waals surface area contributed by atoms with Crippen LogP contribution >= 0.6 is 35.6 Å². The molecule has 1 heterocycles. The Bertz CT molecular complexity index is 958. The van der Waals surface area contributed by atoms with E-state index in [2.05, 4.69) is 5.10 Å². The van der Waals surface area contributed by atoms with Crippen LogP contribution in [-0.4, -0.2) is 26.4 Å². The van der Waals surface area contributed by atoms with Crippen molar-refractivity contribution in [2.24, 2.45) is 5.10 Å². The minimum atomic E-state index is -0.495. The molecule has 0 aromatic heterocycles. The van der Waals surface area contributed by atoms with E-state index in [0.717, 1.165) is 22.3 Å². The fraction of sp³-hybridized carbons (Fsp3) is 0. The summed E-state index contributed by atoms with van der Waals surface area (Å²) in [6.45, 7) is 0. The number of thiocarbonyl (C=S) groups is 1. The lowest BCUT2D eigenvalue weighted by atomic mass is 10.1. The van der Waals surface area contributed by atoms with E-state index in [4.69, 9.17) is 23.8 Å². The maximum atomic E-state index is 12.5. The summed E-state index contributed by atoms with van der Waals surface area (Å²) in [5.74, 6) is -0.427. The third-order valence-corrected chi connectivity index (χ3v) is 4.92. The molecule has 0 bridgehead atoms. The van der Waals surface area contributed by atoms with Gasteiger partial charge in [-0.2, -0.15) is 10.1 Å². The lowest BCUT2D eigenvalue weighted by Gasteiger charge is -2.06. The van der Waals surface area contributed by atoms with Crippen molar-refractivity contribution in [3.63, 3.8) is 0 Å². The van der Waals surface area contributed by atoms with Gasteiger partial charge in [-0.15, -0.1) is 0 Å². The lowest BCUT2D eigenvalue weighted by molar-refractivity contribution is -0.385. The van der Waals surface area contributed by atoms with E-state index < -0.39 is 10.8 Å². The van der Waals surface area contributed by atoms with Gasteiger partial charge in [0, 0.05) is 11.1 Å². The third kappa shape index (κ3) is 3.98. The zero-order valence-corrected chi connectivity index (χ0v) is 15.4. The van der Waals surface area contributed by atoms with Crippen LogP contribution in [0.1, 0.15) is 11.1 Å². The van der Waals surface area contributed by atoms with Crippen LogP contribution < -0.4 is 0 Å². The van der Waals surface area contributed by atoms with Crippen molar-refractivity contribution in [1.82, 2.24) is 5.01 Å². The van der Waals surface area contributed by atoms with Crippen molar-refractivity contribution in [3.05, 3.63) is 79.7 Å². The molecule has 1 aliphatic rings. The first-order chi connectivity index (χ1) is 12.5. The van der Waals surface area contributed by atoms with E-state index in [-0.39, 0.29) is 14.9 Å². The van der Waals surface area contributed by atoms with Crippen LogP contribution in [0.25, 0.3) is 6.08 Å². The molecule has 0 spiro atoms. The summed E-state index contributed by atoms with van der Waals surface area (Å²) in [7, 11) is 0. The van der Waals surface area contributed by atoms with Crippen LogP contribution in [0.15, 0.2) is 58.5 Å². The smallest absolute Gasteiger partial charge is 0.266 e. The summed E-state index contributed by atoms with van der Waals surface area (Å²) in [5.41, 5.74) is 1.01. The molecule has 9 heteroatoms. The largest absolute Gasteiger partial charge is 0.286 e. The second kappa shape index (κ2) is 7.77. The van der Waals surface area contributed by atoms with E-state index in [0.29, 0.717) is 10.6 Å². The monoisotopic (exact) mass is 403 g/mol. The van der Waals surface area contributed by atoms with E-state index in [1.165, 1.54) is 18.4 Å². The van der Waals surface area contributed by atoms with Gasteiger partial charge in [0.15, 0.2) is 4.32 Å². The Labute approximate surface area is 163 Å². The predicted octanol–water partition coefficient (Wildman–Crippen LogP) is 4.48. The number of nitro groups is 1. The molecule has 26 heavy (non-hydrogen) atoms. The molecule has 0 aliphatic carbocycles. The van der Waals surface area contributed by atoms with Crippen molar-refractivity contribution < 1.29 is 9.72 Å². The number of rotatable bonds is 4. The number of hydrogen-bond donors (Lipinski definition) is 0. The molecular weight excluding hydrogens is 394 g/mol. The predicted molar refractivity (Wildman–Crippen MR) is 107 cm³/mol. The quantitative estimate of drug-likeness (QED) is 0.247. The van der Waals surface area contributed by atoms with Crippen LogP contribution in [0, 0.1) is 10.1 Å². The van der Waals surface area contributed by atoms with Gasteiger partial charge >= 0.3 is 0 Å². The minimum Gasteiger partial charge on any atom is -0.266 e. The Balaban J connectivity index is 1.85. The fourth-order valence-electron chi connectivity index (χ4n) is 2.15. The number of hydrogen-bond acceptors (Lipinski definition) is 6. The van der Waals surface area contributed by atoms with Gasteiger partial charge in [0.1, 0.15) is 0 Å². The van der Waals surface area contributed by atoms with E-state index in [9.17, 15) is 14.9 Å². The van der Waals surface area contributed by atoms with E-state index >= 15 is 0 Å². The molecular formula is C17H10ClN3O3S2. The van der Waals surface area contributed by atoms with Crippen LogP contribution in [0.5, 0.6) is 0 Å². The molecule has 1 amide bonds. The highest BCUT2D eigenvalue weighted by molar-refractivity contribution is 8.26. The minimum absolute atomic E-state index is 0.0811. The van der Waals surface area contributed by atoms with Gasteiger partial charge in [0.25, 0.3) is 11.6 Å². The van der Waals surface area contributed by atoms with Crippen LogP contribution in [0.4, 0.5) is 5.69 Å². The molecule has 0 N–H and O–H groups in total. The zero-order valence-electron chi connectivity index (χ0n) is 13.0. The third-order valence-electron chi connectivity index (χ3n) is 3.39. The molecule has 3 rings (SSSR count). The summed E-state index contributed by atoms with van der Waals surface area (Å²) in [6.07, 6.45) is 2.95. The maximum absolute atomic E-state index is 12.5. The number of nitro benzene ring substituents is 1. The summed E-state index contributed by atoms with van der Waals surface area (Å²) < 4.78 is 0.255. The standard InChI is InChI=1S/C17H10ClN3O3S2/c18-13-7-5-11(6-8-13)10-19-20-16(22)15(26-17(20)25)9-12-3-1-2-4-14(12)21(23)24/h1-10H/b15-9+,19-10+. The molecule has 0 atom stereocenters. The molecule has 1 saturated heterocycles. The number of para-hydroxylation sites is 1. The van der Waals surface area contributed by atoms with Crippen LogP contribution in [0.3, 0.4) is 0 Å². The Morgan fingerprint density at radius 2 is 1.88 bits per heavy atom. The average molecular weight is 404 g/mol. The number of thioether (sulfide) groups is 1. The van der Waals surface area contributed by atoms with Gasteiger partial charge in [-0.1, -0.05) is 47.6 Å². The Morgan fingerprint density at radius 3 is 2.58 bits per heavy atom. The van der Waals surface area contributed by atoms with E-state index in [1.807, 2.05) is 0 Å². The van der Waals surface area contributed by atoms with E-state index in [1.54, 1.807) is 42.5 Å². The summed E-state index contributed by atoms with van der Waals surface area (Å²) >= 11 is 12.1. The maximum Gasteiger partial charge on any atom is 0.286 e. The number of carbonyl (C=O) groups excluding carboxylic acids is 1. The van der Waals surface area contributed by atoms with Gasteiger partial charge in [-0.3, -0.25) is 14.9 Å². The van der Waals surface area contributed by atoms with Gasteiger partial charge in [-0.05, 0) is 42.1 Å². The molecule has 1 aliphatic heterocycles. The first kappa shape index (κ1) is 18.2. The van der Waals surface area contributed by atoms with Crippen LogP contribution in [-0.2, 0) is 4.79 Å². The van der Waals surface area contributed by atoms with Crippen molar-refractivity contribution in [3.8, 4) is 0 Å². The number of benzene rings is 2. The molecule has 2 aromatic carbocycles. The summed E-state index contributed by atoms with van der Waals surface area (Å²) in [6, 6.07) is 13.1. The van der Waals surface area contributed by atoms with Crippen molar-refractivity contribution >= 4 is 63.8 Å². The number of carbonyl (C=O) groups is 1. The molecule has 0 saturated carbocycles. The molecule has 130 valence electrons. The molecule has 2 aromatic rings. The topological polar surface area (TPSA) is 75.8 Å². The van der Waals surface area contributed by atoms with Gasteiger partial charge in [-0.25, -0.2) is 0 Å². The fourth-order valence-corrected chi connectivity index (χ4v) is 3.44. The molecule has 0 radical (unpaired) electrons. The number of amides is 1. The highest BCUT2D eigenvalue weighted by Crippen LogP contribution is 2.34. The van der Waals surface area contributed by atoms with Crippen molar-refractivity contribution in [2.45, 2.75) is 0 Å². The molecule has 0 unspecified atom stereocenters. The Morgan fingerprint density at radius 1 is 1.19 bits per heavy atom. The molecule has 1 fully saturated rings. The Hall–Kier alpha value is -2.55. The second-order valence-electron chi connectivity index (χ2n) is 5.11. The van der Waals surface area contributed by atoms with Gasteiger partial charge in [0.2, 0.25) is 0 Å². The highest BCUT2D eigenvalue weighted by atomic mass is 35.5. The van der Waals surface area contributed by atoms with Crippen molar-refractivity contribution in [2.75, 3.05) is 0 Å². The number of nitrogens with zero attached hydrogens (tertiary/aromatic N) is 3. The lowest BCUT2D eigenvalue weighted by Crippen LogP contribution is -2.22. The van der Waals surface area contributed by atoms with Gasteiger partial charge < -0.3 is 0 Å². The normalized spacial score (nSPS) is 16.0. The Kier molecular flexibility index (Phi) is 5.46. The summed E-state index contributed by atoms with van der Waals surface area (Å²) in [5, 5.41) is 16.9. The second-order valence-corrected chi connectivity index (χ2v) is 7.22. The summed E-state index contributed by atoms with van der Waals surface area (Å²) in [4.78, 5) is 23.4. The zero-order chi connectivity index (χ0) is 18.7. The highest BCUT2D eigenvalue weighted by Gasteiger charge is 2.32. The SMILES string of the molecule is O=C1/C(=C\c2ccccc2[N+](=O)[O-])SC(=S)N1/N=C/c1ccc(Cl)cc1.